The molecule has 80 valence electrons. The maximum atomic E-state index is 11.1. The highest BCUT2D eigenvalue weighted by Crippen LogP contribution is 2.19. The van der Waals surface area contributed by atoms with Gasteiger partial charge in [0.05, 0.1) is 12.0 Å². The van der Waals surface area contributed by atoms with Crippen LogP contribution in [0.2, 0.25) is 0 Å². The summed E-state index contributed by atoms with van der Waals surface area (Å²) >= 11 is 0. The Morgan fingerprint density at radius 2 is 1.86 bits per heavy atom. The smallest absolute Gasteiger partial charge is 0.309 e. The van der Waals surface area contributed by atoms with E-state index in [9.17, 15) is 14.4 Å². The topological polar surface area (TPSA) is 109 Å². The zero-order valence-electron chi connectivity index (χ0n) is 8.16. The van der Waals surface area contributed by atoms with Crippen molar-refractivity contribution in [3.63, 3.8) is 0 Å². The van der Waals surface area contributed by atoms with Gasteiger partial charge in [0.2, 0.25) is 11.8 Å². The quantitative estimate of drug-likeness (QED) is 0.536. The third kappa shape index (κ3) is 4.44. The Hall–Kier alpha value is -1.59. The van der Waals surface area contributed by atoms with Crippen LogP contribution in [0.1, 0.15) is 20.3 Å². The second-order valence-corrected chi connectivity index (χ2v) is 3.61. The number of carboxylic acids is 1. The van der Waals surface area contributed by atoms with Crippen LogP contribution in [-0.2, 0) is 14.4 Å². The van der Waals surface area contributed by atoms with Crippen molar-refractivity contribution in [2.24, 2.45) is 11.1 Å². The molecule has 2 amide bonds. The lowest BCUT2D eigenvalue weighted by molar-refractivity contribution is -0.149. The van der Waals surface area contributed by atoms with E-state index in [1.807, 2.05) is 0 Å². The van der Waals surface area contributed by atoms with Crippen LogP contribution in [0.4, 0.5) is 0 Å². The predicted molar refractivity (Wildman–Crippen MR) is 48.2 cm³/mol. The zero-order valence-corrected chi connectivity index (χ0v) is 8.16. The summed E-state index contributed by atoms with van der Waals surface area (Å²) in [5, 5.41) is 10.9. The van der Waals surface area contributed by atoms with Gasteiger partial charge in [-0.3, -0.25) is 14.4 Å². The van der Waals surface area contributed by atoms with E-state index < -0.39 is 23.2 Å². The van der Waals surface area contributed by atoms with Crippen molar-refractivity contribution in [1.29, 1.82) is 0 Å². The van der Waals surface area contributed by atoms with E-state index in [1.54, 1.807) is 0 Å². The summed E-state index contributed by atoms with van der Waals surface area (Å²) in [6.07, 6.45) is -0.185. The lowest BCUT2D eigenvalue weighted by Gasteiger charge is -2.17. The zero-order chi connectivity index (χ0) is 11.4. The number of carbonyl (C=O) groups is 3. The Kier molecular flexibility index (Phi) is 4.07. The fourth-order valence-electron chi connectivity index (χ4n) is 0.725. The number of hydrogen-bond acceptors (Lipinski definition) is 3. The molecule has 0 aliphatic heterocycles. The third-order valence-electron chi connectivity index (χ3n) is 1.64. The van der Waals surface area contributed by atoms with Crippen LogP contribution >= 0.6 is 0 Å². The summed E-state index contributed by atoms with van der Waals surface area (Å²) in [6, 6.07) is 0. The number of aliphatic carboxylic acids is 1. The van der Waals surface area contributed by atoms with E-state index in [0.717, 1.165) is 0 Å². The molecule has 0 heterocycles. The van der Waals surface area contributed by atoms with Crippen LogP contribution in [0.3, 0.4) is 0 Å². The summed E-state index contributed by atoms with van der Waals surface area (Å²) in [7, 11) is 0. The summed E-state index contributed by atoms with van der Waals surface area (Å²) in [5.41, 5.74) is 3.66. The molecule has 0 spiro atoms. The van der Waals surface area contributed by atoms with E-state index in [1.165, 1.54) is 13.8 Å². The number of carboxylic acid groups (broad SMARTS) is 1. The Morgan fingerprint density at radius 1 is 1.36 bits per heavy atom. The van der Waals surface area contributed by atoms with Crippen molar-refractivity contribution in [2.45, 2.75) is 20.3 Å². The number of rotatable bonds is 5. The van der Waals surface area contributed by atoms with Crippen LogP contribution in [0, 0.1) is 5.41 Å². The van der Waals surface area contributed by atoms with Crippen molar-refractivity contribution >= 4 is 17.8 Å². The second kappa shape index (κ2) is 4.59. The van der Waals surface area contributed by atoms with Crippen LogP contribution in [0.15, 0.2) is 0 Å². The van der Waals surface area contributed by atoms with E-state index in [2.05, 4.69) is 5.32 Å². The van der Waals surface area contributed by atoms with Gasteiger partial charge in [-0.05, 0) is 13.8 Å². The first-order valence-electron chi connectivity index (χ1n) is 4.04. The highest BCUT2D eigenvalue weighted by atomic mass is 16.4. The van der Waals surface area contributed by atoms with Gasteiger partial charge in [-0.25, -0.2) is 0 Å². The molecule has 0 rings (SSSR count). The minimum atomic E-state index is -1.14. The molecule has 0 radical (unpaired) electrons. The van der Waals surface area contributed by atoms with Crippen molar-refractivity contribution in [2.75, 3.05) is 6.54 Å². The van der Waals surface area contributed by atoms with E-state index in [0.29, 0.717) is 0 Å². The van der Waals surface area contributed by atoms with Gasteiger partial charge < -0.3 is 16.2 Å². The third-order valence-corrected chi connectivity index (χ3v) is 1.64. The number of nitrogens with one attached hydrogen (secondary N) is 1. The van der Waals surface area contributed by atoms with Gasteiger partial charge in [0.25, 0.3) is 0 Å². The Balaban J connectivity index is 4.06. The molecule has 0 atom stereocenters. The molecule has 4 N–H and O–H groups in total. The van der Waals surface area contributed by atoms with Gasteiger partial charge in [-0.15, -0.1) is 0 Å². The number of amides is 2. The van der Waals surface area contributed by atoms with E-state index in [-0.39, 0.29) is 13.0 Å². The number of carbonyl (C=O) groups excluding carboxylic acids is 2. The summed E-state index contributed by atoms with van der Waals surface area (Å²) < 4.78 is 0. The Bertz CT molecular complexity index is 260. The number of hydrogen-bond donors (Lipinski definition) is 3. The largest absolute Gasteiger partial charge is 0.481 e. The van der Waals surface area contributed by atoms with Gasteiger partial charge in [0.1, 0.15) is 0 Å². The lowest BCUT2D eigenvalue weighted by atomic mass is 9.89. The van der Waals surface area contributed by atoms with Gasteiger partial charge in [0.15, 0.2) is 0 Å². The molecule has 0 aliphatic rings. The maximum absolute atomic E-state index is 11.1. The Labute approximate surface area is 81.5 Å². The fraction of sp³-hybridized carbons (Fsp3) is 0.625. The molecule has 6 heteroatoms. The van der Waals surface area contributed by atoms with Crippen LogP contribution in [0.5, 0.6) is 0 Å². The molecule has 0 saturated heterocycles. The molecule has 0 saturated carbocycles. The van der Waals surface area contributed by atoms with Gasteiger partial charge in [-0.2, -0.15) is 0 Å². The van der Waals surface area contributed by atoms with Gasteiger partial charge >= 0.3 is 5.97 Å². The molecule has 0 aromatic rings. The first kappa shape index (κ1) is 12.4. The molecular formula is C8H14N2O4. The van der Waals surface area contributed by atoms with E-state index >= 15 is 0 Å². The van der Waals surface area contributed by atoms with Crippen molar-refractivity contribution in [3.05, 3.63) is 0 Å². The summed E-state index contributed by atoms with van der Waals surface area (Å²) in [6.45, 7) is 2.59. The molecular weight excluding hydrogens is 188 g/mol. The predicted octanol–water partition coefficient (Wildman–Crippen LogP) is -0.911. The standard InChI is InChI=1S/C8H14N2O4/c1-8(2,7(13)14)3-6(12)10-4-5(9)11/h3-4H2,1-2H3,(H2,9,11)(H,10,12)(H,13,14). The van der Waals surface area contributed by atoms with Gasteiger partial charge in [-0.1, -0.05) is 0 Å². The Morgan fingerprint density at radius 3 is 2.21 bits per heavy atom. The first-order valence-corrected chi connectivity index (χ1v) is 4.04. The molecule has 0 bridgehead atoms. The molecule has 0 aliphatic carbocycles. The number of nitrogens with two attached hydrogens (primary N) is 1. The molecule has 0 aromatic heterocycles. The maximum Gasteiger partial charge on any atom is 0.309 e. The molecule has 0 unspecified atom stereocenters. The minimum absolute atomic E-state index is 0.185. The molecule has 0 aromatic carbocycles. The van der Waals surface area contributed by atoms with Crippen molar-refractivity contribution in [3.8, 4) is 0 Å². The highest BCUT2D eigenvalue weighted by molar-refractivity contribution is 5.87. The fourth-order valence-corrected chi connectivity index (χ4v) is 0.725. The van der Waals surface area contributed by atoms with Crippen LogP contribution in [-0.4, -0.2) is 29.4 Å². The molecule has 14 heavy (non-hydrogen) atoms. The molecule has 6 nitrogen and oxygen atoms in total. The average molecular weight is 202 g/mol. The lowest BCUT2D eigenvalue weighted by Crippen LogP contribution is -2.37. The van der Waals surface area contributed by atoms with Crippen LogP contribution < -0.4 is 11.1 Å². The molecule has 0 fully saturated rings. The summed E-state index contributed by atoms with van der Waals surface area (Å²) in [5.74, 6) is -2.23. The monoisotopic (exact) mass is 202 g/mol. The van der Waals surface area contributed by atoms with Gasteiger partial charge in [0, 0.05) is 6.42 Å². The SMILES string of the molecule is CC(C)(CC(=O)NCC(N)=O)C(=O)O. The normalized spacial score (nSPS) is 10.7. The van der Waals surface area contributed by atoms with Crippen molar-refractivity contribution < 1.29 is 19.5 Å². The average Bonchev–Trinajstić information content (AvgIpc) is 1.99. The minimum Gasteiger partial charge on any atom is -0.481 e. The number of primary amides is 1. The summed E-state index contributed by atoms with van der Waals surface area (Å²) in [4.78, 5) is 32.0. The van der Waals surface area contributed by atoms with E-state index in [4.69, 9.17) is 10.8 Å². The highest BCUT2D eigenvalue weighted by Gasteiger charge is 2.29. The van der Waals surface area contributed by atoms with Crippen LogP contribution in [0.25, 0.3) is 0 Å². The second-order valence-electron chi connectivity index (χ2n) is 3.61. The van der Waals surface area contributed by atoms with Crippen molar-refractivity contribution in [1.82, 2.24) is 5.32 Å². The first-order chi connectivity index (χ1) is 6.25.